The Morgan fingerprint density at radius 1 is 0.420 bits per heavy atom. The minimum Gasteiger partial charge on any atom is -0.455 e. The van der Waals surface area contributed by atoms with Gasteiger partial charge in [0.2, 0.25) is 0 Å². The van der Waals surface area contributed by atoms with Crippen molar-refractivity contribution < 1.29 is 4.42 Å². The van der Waals surface area contributed by atoms with Crippen LogP contribution in [0.2, 0.25) is 0 Å². The first-order chi connectivity index (χ1) is 24.8. The molecule has 2 nitrogen and oxygen atoms in total. The molecule has 10 rings (SSSR count). The maximum absolute atomic E-state index is 6.65. The summed E-state index contributed by atoms with van der Waals surface area (Å²) in [5.41, 5.74) is 15.0. The van der Waals surface area contributed by atoms with Crippen LogP contribution in [0.25, 0.3) is 93.9 Å². The van der Waals surface area contributed by atoms with Crippen molar-refractivity contribution in [2.24, 2.45) is 0 Å². The molecule has 0 spiro atoms. The van der Waals surface area contributed by atoms with Crippen LogP contribution in [0.5, 0.6) is 0 Å². The Balaban J connectivity index is 1.06. The van der Waals surface area contributed by atoms with E-state index in [4.69, 9.17) is 4.42 Å². The number of rotatable bonds is 5. The van der Waals surface area contributed by atoms with Crippen LogP contribution in [0.15, 0.2) is 180 Å². The molecule has 0 N–H and O–H groups in total. The van der Waals surface area contributed by atoms with Crippen molar-refractivity contribution in [2.75, 3.05) is 0 Å². The highest BCUT2D eigenvalue weighted by atomic mass is 16.3. The standard InChI is InChI=1S/C48H33NO/c1-3-12-32(13-4-1)33-14-9-15-34(28-33)35-16-10-17-36(29-35)37-25-27-47-44(30-37)42-22-11-21-40(48(42)50-47)38-24-26-46-43(31-38)41-20-7-8-23-45(41)49(46)39-18-5-2-6-19-39/h1,3-5,7-31H,2,6H2. The lowest BCUT2D eigenvalue weighted by atomic mass is 9.95. The molecule has 0 fully saturated rings. The predicted molar refractivity (Wildman–Crippen MR) is 211 cm³/mol. The zero-order valence-electron chi connectivity index (χ0n) is 27.5. The molecule has 0 amide bonds. The van der Waals surface area contributed by atoms with Gasteiger partial charge in [0, 0.05) is 32.8 Å². The van der Waals surface area contributed by atoms with Gasteiger partial charge in [0.25, 0.3) is 0 Å². The summed E-state index contributed by atoms with van der Waals surface area (Å²) in [6, 6.07) is 56.9. The molecule has 0 saturated heterocycles. The van der Waals surface area contributed by atoms with Gasteiger partial charge in [0.15, 0.2) is 0 Å². The SMILES string of the molecule is C1=CC(n2c3ccccc3c3cc(-c4cccc5c4oc4ccc(-c6cccc(-c7cccc(-c8ccccc8)c7)c6)cc45)ccc32)=CCC1. The van der Waals surface area contributed by atoms with Crippen molar-refractivity contribution in [3.05, 3.63) is 176 Å². The Hall–Kier alpha value is -6.38. The lowest BCUT2D eigenvalue weighted by Crippen LogP contribution is -1.96. The van der Waals surface area contributed by atoms with Crippen LogP contribution in [0.4, 0.5) is 0 Å². The average Bonchev–Trinajstić information content (AvgIpc) is 3.74. The smallest absolute Gasteiger partial charge is 0.143 e. The van der Waals surface area contributed by atoms with E-state index in [2.05, 4.69) is 181 Å². The maximum atomic E-state index is 6.65. The van der Waals surface area contributed by atoms with Gasteiger partial charge in [-0.3, -0.25) is 0 Å². The van der Waals surface area contributed by atoms with Crippen molar-refractivity contribution in [3.63, 3.8) is 0 Å². The molecule has 50 heavy (non-hydrogen) atoms. The van der Waals surface area contributed by atoms with E-state index in [1.54, 1.807) is 0 Å². The number of hydrogen-bond acceptors (Lipinski definition) is 1. The Labute approximate surface area is 290 Å². The van der Waals surface area contributed by atoms with Crippen molar-refractivity contribution >= 4 is 49.4 Å². The third-order valence-corrected chi connectivity index (χ3v) is 10.2. The van der Waals surface area contributed by atoms with E-state index in [0.29, 0.717) is 0 Å². The van der Waals surface area contributed by atoms with Crippen molar-refractivity contribution in [2.45, 2.75) is 12.8 Å². The second kappa shape index (κ2) is 11.6. The fourth-order valence-corrected chi connectivity index (χ4v) is 7.78. The molecule has 0 unspecified atom stereocenters. The molecule has 2 heterocycles. The van der Waals surface area contributed by atoms with Gasteiger partial charge >= 0.3 is 0 Å². The van der Waals surface area contributed by atoms with Gasteiger partial charge in [0.1, 0.15) is 11.2 Å². The van der Waals surface area contributed by atoms with Crippen LogP contribution in [0.3, 0.4) is 0 Å². The normalized spacial score (nSPS) is 13.1. The van der Waals surface area contributed by atoms with Crippen molar-refractivity contribution in [1.29, 1.82) is 0 Å². The molecule has 1 aliphatic rings. The van der Waals surface area contributed by atoms with Gasteiger partial charge in [-0.05, 0) is 100 Å². The van der Waals surface area contributed by atoms with Crippen LogP contribution >= 0.6 is 0 Å². The number of furan rings is 1. The molecule has 0 bridgehead atoms. The van der Waals surface area contributed by atoms with E-state index in [-0.39, 0.29) is 0 Å². The molecule has 1 aliphatic carbocycles. The first kappa shape index (κ1) is 28.6. The topological polar surface area (TPSA) is 18.1 Å². The van der Waals surface area contributed by atoms with E-state index in [1.165, 1.54) is 60.9 Å². The van der Waals surface area contributed by atoms with Crippen LogP contribution in [0, 0.1) is 0 Å². The second-order valence-electron chi connectivity index (χ2n) is 13.2. The number of aromatic nitrogens is 1. The number of nitrogens with zero attached hydrogens (tertiary/aromatic N) is 1. The van der Waals surface area contributed by atoms with Gasteiger partial charge in [-0.25, -0.2) is 0 Å². The summed E-state index contributed by atoms with van der Waals surface area (Å²) in [5, 5.41) is 4.78. The van der Waals surface area contributed by atoms with Crippen LogP contribution in [0.1, 0.15) is 12.8 Å². The summed E-state index contributed by atoms with van der Waals surface area (Å²) in [6.07, 6.45) is 9.06. The van der Waals surface area contributed by atoms with Gasteiger partial charge < -0.3 is 8.98 Å². The summed E-state index contributed by atoms with van der Waals surface area (Å²) < 4.78 is 9.06. The zero-order chi connectivity index (χ0) is 33.0. The monoisotopic (exact) mass is 639 g/mol. The Kier molecular flexibility index (Phi) is 6.67. The molecule has 2 heteroatoms. The van der Waals surface area contributed by atoms with Gasteiger partial charge in [-0.1, -0.05) is 127 Å². The van der Waals surface area contributed by atoms with Crippen LogP contribution < -0.4 is 0 Å². The highest BCUT2D eigenvalue weighted by Gasteiger charge is 2.17. The third kappa shape index (κ3) is 4.72. The Morgan fingerprint density at radius 2 is 1.04 bits per heavy atom. The molecule has 0 radical (unpaired) electrons. The summed E-state index contributed by atoms with van der Waals surface area (Å²) in [5.74, 6) is 0. The highest BCUT2D eigenvalue weighted by Crippen LogP contribution is 2.41. The molecular weight excluding hydrogens is 607 g/mol. The van der Waals surface area contributed by atoms with Gasteiger partial charge in [-0.2, -0.15) is 0 Å². The van der Waals surface area contributed by atoms with Gasteiger partial charge in [0.05, 0.1) is 11.0 Å². The second-order valence-corrected chi connectivity index (χ2v) is 13.2. The molecular formula is C48H33NO. The fraction of sp³-hybridized carbons (Fsp3) is 0.0417. The third-order valence-electron chi connectivity index (χ3n) is 10.2. The largest absolute Gasteiger partial charge is 0.455 e. The molecule has 9 aromatic rings. The fourth-order valence-electron chi connectivity index (χ4n) is 7.78. The summed E-state index contributed by atoms with van der Waals surface area (Å²) in [6.45, 7) is 0. The quantitative estimate of drug-likeness (QED) is 0.183. The molecule has 0 aliphatic heterocycles. The van der Waals surface area contributed by atoms with Crippen LogP contribution in [-0.2, 0) is 0 Å². The summed E-state index contributed by atoms with van der Waals surface area (Å²) in [7, 11) is 0. The lowest BCUT2D eigenvalue weighted by Gasteiger charge is -2.12. The summed E-state index contributed by atoms with van der Waals surface area (Å²) >= 11 is 0. The van der Waals surface area contributed by atoms with Crippen LogP contribution in [-0.4, -0.2) is 4.57 Å². The molecule has 0 atom stereocenters. The highest BCUT2D eigenvalue weighted by molar-refractivity contribution is 6.14. The zero-order valence-corrected chi connectivity index (χ0v) is 27.5. The Bertz CT molecular complexity index is 2810. The molecule has 7 aromatic carbocycles. The average molecular weight is 640 g/mol. The number of fused-ring (bicyclic) bond motifs is 6. The van der Waals surface area contributed by atoms with Gasteiger partial charge in [-0.15, -0.1) is 0 Å². The minimum atomic E-state index is 0.900. The minimum absolute atomic E-state index is 0.900. The molecule has 2 aromatic heterocycles. The summed E-state index contributed by atoms with van der Waals surface area (Å²) in [4.78, 5) is 0. The predicted octanol–water partition coefficient (Wildman–Crippen LogP) is 13.6. The molecule has 0 saturated carbocycles. The number of allylic oxidation sites excluding steroid dienone is 4. The van der Waals surface area contributed by atoms with Crippen molar-refractivity contribution in [1.82, 2.24) is 4.57 Å². The lowest BCUT2D eigenvalue weighted by molar-refractivity contribution is 0.670. The number of hydrogen-bond donors (Lipinski definition) is 0. The van der Waals surface area contributed by atoms with Crippen molar-refractivity contribution in [3.8, 4) is 44.5 Å². The first-order valence-electron chi connectivity index (χ1n) is 17.4. The number of benzene rings is 7. The maximum Gasteiger partial charge on any atom is 0.143 e. The van der Waals surface area contributed by atoms with E-state index < -0.39 is 0 Å². The van der Waals surface area contributed by atoms with E-state index >= 15 is 0 Å². The Morgan fingerprint density at radius 3 is 1.82 bits per heavy atom. The van der Waals surface area contributed by atoms with E-state index in [0.717, 1.165) is 45.9 Å². The van der Waals surface area contributed by atoms with E-state index in [1.807, 2.05) is 0 Å². The van der Waals surface area contributed by atoms with E-state index in [9.17, 15) is 0 Å². The molecule has 236 valence electrons. The first-order valence-corrected chi connectivity index (χ1v) is 17.4. The number of para-hydroxylation sites is 2.